The molecule has 9 aromatic carbocycles. The van der Waals surface area contributed by atoms with Crippen LogP contribution in [0.1, 0.15) is 0 Å². The third-order valence-corrected chi connectivity index (χ3v) is 10.4. The minimum absolute atomic E-state index is 0.846. The fraction of sp³-hybridized carbons (Fsp3) is 0. The SMILES string of the molecule is c1cc(-c2cccc3ccccc23)cc(-c2c3ccccc3c(-c3cc4c5ccccc5oc4c4c3oc3ccccc34)c3ccccc23)c1. The maximum atomic E-state index is 6.79. The van der Waals surface area contributed by atoms with Crippen molar-refractivity contribution in [3.05, 3.63) is 170 Å². The molecule has 0 radical (unpaired) electrons. The number of para-hydroxylation sites is 2. The third kappa shape index (κ3) is 3.85. The molecule has 0 aliphatic carbocycles. The molecule has 11 rings (SSSR count). The van der Waals surface area contributed by atoms with Gasteiger partial charge in [-0.1, -0.05) is 146 Å². The van der Waals surface area contributed by atoms with E-state index in [2.05, 4.69) is 158 Å². The Hall–Kier alpha value is -6.64. The maximum Gasteiger partial charge on any atom is 0.147 e. The van der Waals surface area contributed by atoms with Gasteiger partial charge in [-0.05, 0) is 78.8 Å². The maximum absolute atomic E-state index is 6.79. The molecular weight excluding hydrogens is 609 g/mol. The van der Waals surface area contributed by atoms with Crippen LogP contribution in [0.5, 0.6) is 0 Å². The quantitative estimate of drug-likeness (QED) is 0.180. The summed E-state index contributed by atoms with van der Waals surface area (Å²) < 4.78 is 13.4. The standard InChI is InChI=1S/C48H28O2/c1-2-17-32-29(13-1)14-12-24-33(32)30-15-11-16-31(27-30)44-35-19-3-5-21-37(35)45(38-22-6-4-20-36(38)44)41-28-40-34-18-7-9-25-42(34)49-47(40)46-39-23-8-10-26-43(39)50-48(41)46/h1-28H. The average molecular weight is 637 g/mol. The Labute approximate surface area is 287 Å². The molecule has 0 fully saturated rings. The molecule has 232 valence electrons. The second kappa shape index (κ2) is 10.4. The highest BCUT2D eigenvalue weighted by Gasteiger charge is 2.24. The van der Waals surface area contributed by atoms with Crippen LogP contribution in [0.2, 0.25) is 0 Å². The first-order chi connectivity index (χ1) is 24.8. The Morgan fingerprint density at radius 3 is 1.56 bits per heavy atom. The van der Waals surface area contributed by atoms with Gasteiger partial charge >= 0.3 is 0 Å². The molecule has 0 saturated carbocycles. The smallest absolute Gasteiger partial charge is 0.147 e. The molecule has 0 unspecified atom stereocenters. The van der Waals surface area contributed by atoms with Crippen molar-refractivity contribution < 1.29 is 8.83 Å². The van der Waals surface area contributed by atoms with E-state index in [0.29, 0.717) is 0 Å². The van der Waals surface area contributed by atoms with Gasteiger partial charge in [0.2, 0.25) is 0 Å². The van der Waals surface area contributed by atoms with E-state index in [0.717, 1.165) is 49.4 Å². The van der Waals surface area contributed by atoms with Crippen molar-refractivity contribution in [3.63, 3.8) is 0 Å². The van der Waals surface area contributed by atoms with Crippen LogP contribution in [0.3, 0.4) is 0 Å². The monoisotopic (exact) mass is 636 g/mol. The van der Waals surface area contributed by atoms with Crippen LogP contribution in [0.15, 0.2) is 179 Å². The van der Waals surface area contributed by atoms with Gasteiger partial charge in [0.25, 0.3) is 0 Å². The average Bonchev–Trinajstić information content (AvgIpc) is 3.75. The van der Waals surface area contributed by atoms with Crippen molar-refractivity contribution in [2.24, 2.45) is 0 Å². The molecule has 0 aliphatic heterocycles. The van der Waals surface area contributed by atoms with E-state index >= 15 is 0 Å². The van der Waals surface area contributed by atoms with Gasteiger partial charge in [0, 0.05) is 27.3 Å². The predicted molar refractivity (Wildman–Crippen MR) is 210 cm³/mol. The van der Waals surface area contributed by atoms with Crippen LogP contribution in [0.4, 0.5) is 0 Å². The van der Waals surface area contributed by atoms with Crippen molar-refractivity contribution in [3.8, 4) is 33.4 Å². The van der Waals surface area contributed by atoms with E-state index in [1.165, 1.54) is 60.1 Å². The summed E-state index contributed by atoms with van der Waals surface area (Å²) in [6.07, 6.45) is 0. The summed E-state index contributed by atoms with van der Waals surface area (Å²) in [6.45, 7) is 0. The Morgan fingerprint density at radius 1 is 0.300 bits per heavy atom. The Kier molecular flexibility index (Phi) is 5.70. The fourth-order valence-corrected chi connectivity index (χ4v) is 8.30. The molecule has 2 aromatic heterocycles. The molecule has 0 aliphatic rings. The molecule has 2 nitrogen and oxygen atoms in total. The van der Waals surface area contributed by atoms with Crippen molar-refractivity contribution in [1.29, 1.82) is 0 Å². The van der Waals surface area contributed by atoms with Crippen LogP contribution in [0.25, 0.3) is 110 Å². The number of fused-ring (bicyclic) bond motifs is 10. The predicted octanol–water partition coefficient (Wildman–Crippen LogP) is 13.9. The molecule has 0 N–H and O–H groups in total. The first-order valence-electron chi connectivity index (χ1n) is 17.1. The first-order valence-corrected chi connectivity index (χ1v) is 17.1. The van der Waals surface area contributed by atoms with Gasteiger partial charge in [-0.2, -0.15) is 0 Å². The van der Waals surface area contributed by atoms with Gasteiger partial charge in [-0.15, -0.1) is 0 Å². The first kappa shape index (κ1) is 27.3. The zero-order chi connectivity index (χ0) is 32.8. The van der Waals surface area contributed by atoms with Crippen LogP contribution in [-0.2, 0) is 0 Å². The van der Waals surface area contributed by atoms with Gasteiger partial charge in [-0.3, -0.25) is 0 Å². The lowest BCUT2D eigenvalue weighted by Crippen LogP contribution is -1.92. The second-order valence-electron chi connectivity index (χ2n) is 13.2. The lowest BCUT2D eigenvalue weighted by Gasteiger charge is -2.18. The van der Waals surface area contributed by atoms with Gasteiger partial charge in [-0.25, -0.2) is 0 Å². The summed E-state index contributed by atoms with van der Waals surface area (Å²) in [5.41, 5.74) is 10.6. The molecule has 2 heteroatoms. The summed E-state index contributed by atoms with van der Waals surface area (Å²) in [5.74, 6) is 0. The van der Waals surface area contributed by atoms with Gasteiger partial charge in [0.1, 0.15) is 22.3 Å². The second-order valence-corrected chi connectivity index (χ2v) is 13.2. The van der Waals surface area contributed by atoms with E-state index in [1.807, 2.05) is 12.1 Å². The van der Waals surface area contributed by atoms with Crippen molar-refractivity contribution in [2.75, 3.05) is 0 Å². The lowest BCUT2D eigenvalue weighted by atomic mass is 9.84. The topological polar surface area (TPSA) is 26.3 Å². The van der Waals surface area contributed by atoms with E-state index in [-0.39, 0.29) is 0 Å². The van der Waals surface area contributed by atoms with Crippen LogP contribution in [-0.4, -0.2) is 0 Å². The lowest BCUT2D eigenvalue weighted by molar-refractivity contribution is 0.663. The molecule has 0 spiro atoms. The summed E-state index contributed by atoms with van der Waals surface area (Å²) in [6, 6.07) is 60.8. The fourth-order valence-electron chi connectivity index (χ4n) is 8.30. The Balaban J connectivity index is 1.26. The van der Waals surface area contributed by atoms with Crippen molar-refractivity contribution >= 4 is 76.2 Å². The zero-order valence-electron chi connectivity index (χ0n) is 27.0. The number of benzene rings is 9. The zero-order valence-corrected chi connectivity index (χ0v) is 27.0. The highest BCUT2D eigenvalue weighted by atomic mass is 16.3. The number of hydrogen-bond donors (Lipinski definition) is 0. The Bertz CT molecular complexity index is 3090. The van der Waals surface area contributed by atoms with E-state index in [1.54, 1.807) is 0 Å². The van der Waals surface area contributed by atoms with Crippen molar-refractivity contribution in [1.82, 2.24) is 0 Å². The largest absolute Gasteiger partial charge is 0.455 e. The normalized spacial score (nSPS) is 12.0. The summed E-state index contributed by atoms with van der Waals surface area (Å²) in [7, 11) is 0. The van der Waals surface area contributed by atoms with E-state index in [9.17, 15) is 0 Å². The number of rotatable bonds is 3. The van der Waals surface area contributed by atoms with E-state index < -0.39 is 0 Å². The molecule has 0 amide bonds. The van der Waals surface area contributed by atoms with Crippen LogP contribution >= 0.6 is 0 Å². The van der Waals surface area contributed by atoms with E-state index in [4.69, 9.17) is 8.83 Å². The summed E-state index contributed by atoms with van der Waals surface area (Å²) >= 11 is 0. The van der Waals surface area contributed by atoms with Gasteiger partial charge < -0.3 is 8.83 Å². The molecule has 50 heavy (non-hydrogen) atoms. The third-order valence-electron chi connectivity index (χ3n) is 10.4. The van der Waals surface area contributed by atoms with Crippen molar-refractivity contribution in [2.45, 2.75) is 0 Å². The van der Waals surface area contributed by atoms with Gasteiger partial charge in [0.15, 0.2) is 0 Å². The Morgan fingerprint density at radius 2 is 0.820 bits per heavy atom. The molecule has 2 heterocycles. The van der Waals surface area contributed by atoms with Crippen LogP contribution < -0.4 is 0 Å². The number of hydrogen-bond acceptors (Lipinski definition) is 2. The van der Waals surface area contributed by atoms with Crippen LogP contribution in [0, 0.1) is 0 Å². The van der Waals surface area contributed by atoms with Gasteiger partial charge in [0.05, 0.1) is 5.39 Å². The minimum Gasteiger partial charge on any atom is -0.455 e. The minimum atomic E-state index is 0.846. The number of furan rings is 2. The molecule has 11 aromatic rings. The molecule has 0 atom stereocenters. The molecule has 0 bridgehead atoms. The highest BCUT2D eigenvalue weighted by Crippen LogP contribution is 2.49. The molecular formula is C48H28O2. The summed E-state index contributed by atoms with van der Waals surface area (Å²) in [5, 5.41) is 11.6. The summed E-state index contributed by atoms with van der Waals surface area (Å²) in [4.78, 5) is 0. The molecule has 0 saturated heterocycles. The highest BCUT2D eigenvalue weighted by molar-refractivity contribution is 6.29.